The van der Waals surface area contributed by atoms with E-state index in [0.717, 1.165) is 24.3 Å². The van der Waals surface area contributed by atoms with Gasteiger partial charge in [-0.1, -0.05) is 0 Å². The summed E-state index contributed by atoms with van der Waals surface area (Å²) in [5.74, 6) is 0.914. The number of aryl methyl sites for hydroxylation is 1. The predicted octanol–water partition coefficient (Wildman–Crippen LogP) is 3.33. The van der Waals surface area contributed by atoms with E-state index in [9.17, 15) is 4.79 Å². The zero-order valence-corrected chi connectivity index (χ0v) is 14.1. The maximum absolute atomic E-state index is 11.0. The molecule has 0 spiro atoms. The highest BCUT2D eigenvalue weighted by molar-refractivity contribution is 5.87. The molecule has 0 radical (unpaired) electrons. The van der Waals surface area contributed by atoms with Crippen molar-refractivity contribution in [3.63, 3.8) is 0 Å². The molecule has 122 valence electrons. The summed E-state index contributed by atoms with van der Waals surface area (Å²) >= 11 is 0. The van der Waals surface area contributed by atoms with Crippen molar-refractivity contribution in [3.8, 4) is 0 Å². The van der Waals surface area contributed by atoms with Gasteiger partial charge in [0.05, 0.1) is 0 Å². The van der Waals surface area contributed by atoms with Gasteiger partial charge >= 0.3 is 0 Å². The van der Waals surface area contributed by atoms with Crippen molar-refractivity contribution in [3.05, 3.63) is 35.9 Å². The van der Waals surface area contributed by atoms with E-state index >= 15 is 0 Å². The molecule has 0 aliphatic heterocycles. The van der Waals surface area contributed by atoms with Crippen LogP contribution in [0.4, 0.5) is 23.0 Å². The zero-order chi connectivity index (χ0) is 16.8. The minimum absolute atomic E-state index is 0.164. The molecule has 0 atom stereocenters. The van der Waals surface area contributed by atoms with Gasteiger partial charge in [0.2, 0.25) is 5.91 Å². The number of hydrogen-bond acceptors (Lipinski definition) is 5. The maximum atomic E-state index is 11.0. The first-order valence-electron chi connectivity index (χ1n) is 7.77. The summed E-state index contributed by atoms with van der Waals surface area (Å²) in [4.78, 5) is 13.3. The molecule has 6 heteroatoms. The minimum atomic E-state index is -0.164. The fourth-order valence-corrected chi connectivity index (χ4v) is 2.36. The minimum Gasteiger partial charge on any atom is -0.372 e. The third kappa shape index (κ3) is 4.42. The molecular weight excluding hydrogens is 290 g/mol. The van der Waals surface area contributed by atoms with Crippen LogP contribution in [0.25, 0.3) is 0 Å². The smallest absolute Gasteiger partial charge is 0.222 e. The van der Waals surface area contributed by atoms with Gasteiger partial charge in [-0.2, -0.15) is 0 Å². The van der Waals surface area contributed by atoms with Gasteiger partial charge in [-0.25, -0.2) is 0 Å². The van der Waals surface area contributed by atoms with Crippen LogP contribution >= 0.6 is 0 Å². The number of carbonyl (C=O) groups excluding carboxylic acids is 1. The summed E-state index contributed by atoms with van der Waals surface area (Å²) < 4.78 is 0. The third-order valence-electron chi connectivity index (χ3n) is 3.57. The maximum Gasteiger partial charge on any atom is 0.222 e. The molecule has 2 rings (SSSR count). The molecule has 1 aromatic heterocycles. The second-order valence-corrected chi connectivity index (χ2v) is 5.28. The van der Waals surface area contributed by atoms with Crippen molar-refractivity contribution in [1.82, 2.24) is 10.2 Å². The van der Waals surface area contributed by atoms with Crippen molar-refractivity contribution < 1.29 is 4.79 Å². The van der Waals surface area contributed by atoms with Crippen LogP contribution in [0.2, 0.25) is 0 Å². The Labute approximate surface area is 136 Å². The van der Waals surface area contributed by atoms with Crippen molar-refractivity contribution in [2.75, 3.05) is 28.6 Å². The molecule has 6 nitrogen and oxygen atoms in total. The molecule has 2 aromatic rings. The van der Waals surface area contributed by atoms with Crippen LogP contribution in [0.5, 0.6) is 0 Å². The second kappa shape index (κ2) is 7.58. The summed E-state index contributed by atoms with van der Waals surface area (Å²) in [6.07, 6.45) is 0. The lowest BCUT2D eigenvalue weighted by Gasteiger charge is -2.22. The normalized spacial score (nSPS) is 10.3. The van der Waals surface area contributed by atoms with Crippen LogP contribution < -0.4 is 15.5 Å². The molecule has 0 saturated heterocycles. The number of hydrogen-bond donors (Lipinski definition) is 2. The lowest BCUT2D eigenvalue weighted by atomic mass is 10.1. The van der Waals surface area contributed by atoms with Crippen LogP contribution in [0.3, 0.4) is 0 Å². The van der Waals surface area contributed by atoms with E-state index in [1.807, 2.05) is 6.07 Å². The van der Waals surface area contributed by atoms with E-state index in [4.69, 9.17) is 0 Å². The topological polar surface area (TPSA) is 70.2 Å². The molecule has 23 heavy (non-hydrogen) atoms. The van der Waals surface area contributed by atoms with Gasteiger partial charge in [-0.15, -0.1) is 10.2 Å². The van der Waals surface area contributed by atoms with Gasteiger partial charge in [-0.3, -0.25) is 4.79 Å². The van der Waals surface area contributed by atoms with E-state index in [2.05, 4.69) is 58.6 Å². The molecule has 0 fully saturated rings. The molecule has 1 amide bonds. The van der Waals surface area contributed by atoms with Crippen LogP contribution in [0.1, 0.15) is 26.3 Å². The predicted molar refractivity (Wildman–Crippen MR) is 94.4 cm³/mol. The van der Waals surface area contributed by atoms with E-state index < -0.39 is 0 Å². The molecule has 1 aromatic carbocycles. The van der Waals surface area contributed by atoms with E-state index in [-0.39, 0.29) is 5.91 Å². The zero-order valence-electron chi connectivity index (χ0n) is 14.1. The first-order chi connectivity index (χ1) is 11.0. The molecule has 0 aliphatic rings. The van der Waals surface area contributed by atoms with Crippen LogP contribution in [-0.2, 0) is 4.79 Å². The van der Waals surface area contributed by atoms with Crippen LogP contribution in [-0.4, -0.2) is 29.2 Å². The van der Waals surface area contributed by atoms with Gasteiger partial charge in [0, 0.05) is 31.4 Å². The number of anilines is 4. The van der Waals surface area contributed by atoms with Gasteiger partial charge in [0.15, 0.2) is 11.6 Å². The molecule has 0 bridgehead atoms. The summed E-state index contributed by atoms with van der Waals surface area (Å²) in [5.41, 5.74) is 3.34. The molecular formula is C17H23N5O. The van der Waals surface area contributed by atoms with Gasteiger partial charge < -0.3 is 15.5 Å². The Hall–Kier alpha value is -2.63. The number of amides is 1. The Bertz CT molecular complexity index is 665. The van der Waals surface area contributed by atoms with Crippen molar-refractivity contribution in [1.29, 1.82) is 0 Å². The van der Waals surface area contributed by atoms with Gasteiger partial charge in [0.25, 0.3) is 0 Å². The van der Waals surface area contributed by atoms with Crippen molar-refractivity contribution in [2.45, 2.75) is 27.7 Å². The first kappa shape index (κ1) is 16.7. The standard InChI is InChI=1S/C17H23N5O/c1-5-22(6-2)14-7-8-15(12(3)11-14)19-17-10-9-16(20-21-17)18-13(4)23/h7-11H,5-6H2,1-4H3,(H,19,21)(H,18,20,23). The average molecular weight is 313 g/mol. The van der Waals surface area contributed by atoms with E-state index in [0.29, 0.717) is 11.6 Å². The van der Waals surface area contributed by atoms with Crippen molar-refractivity contribution in [2.24, 2.45) is 0 Å². The number of rotatable bonds is 6. The number of nitrogens with zero attached hydrogens (tertiary/aromatic N) is 3. The Balaban J connectivity index is 2.12. The fraction of sp³-hybridized carbons (Fsp3) is 0.353. The lowest BCUT2D eigenvalue weighted by molar-refractivity contribution is -0.114. The molecule has 1 heterocycles. The Morgan fingerprint density at radius 2 is 1.74 bits per heavy atom. The summed E-state index contributed by atoms with van der Waals surface area (Å²) in [6, 6.07) is 9.81. The Morgan fingerprint density at radius 1 is 1.09 bits per heavy atom. The van der Waals surface area contributed by atoms with E-state index in [1.54, 1.807) is 12.1 Å². The largest absolute Gasteiger partial charge is 0.372 e. The summed E-state index contributed by atoms with van der Waals surface area (Å²) in [6.45, 7) is 9.77. The van der Waals surface area contributed by atoms with Gasteiger partial charge in [0.1, 0.15) is 0 Å². The lowest BCUT2D eigenvalue weighted by Crippen LogP contribution is -2.21. The highest BCUT2D eigenvalue weighted by Crippen LogP contribution is 2.24. The highest BCUT2D eigenvalue weighted by Gasteiger charge is 2.06. The monoisotopic (exact) mass is 313 g/mol. The highest BCUT2D eigenvalue weighted by atomic mass is 16.1. The third-order valence-corrected chi connectivity index (χ3v) is 3.57. The Kier molecular flexibility index (Phi) is 5.51. The van der Waals surface area contributed by atoms with E-state index in [1.165, 1.54) is 12.6 Å². The summed E-state index contributed by atoms with van der Waals surface area (Å²) in [7, 11) is 0. The number of benzene rings is 1. The van der Waals surface area contributed by atoms with Gasteiger partial charge in [-0.05, 0) is 56.7 Å². The summed E-state index contributed by atoms with van der Waals surface area (Å²) in [5, 5.41) is 13.9. The van der Waals surface area contributed by atoms with Crippen molar-refractivity contribution >= 4 is 28.9 Å². The fourth-order valence-electron chi connectivity index (χ4n) is 2.36. The van der Waals surface area contributed by atoms with Crippen LogP contribution in [0.15, 0.2) is 30.3 Å². The first-order valence-corrected chi connectivity index (χ1v) is 7.77. The number of aromatic nitrogens is 2. The Morgan fingerprint density at radius 3 is 2.26 bits per heavy atom. The quantitative estimate of drug-likeness (QED) is 0.856. The average Bonchev–Trinajstić information content (AvgIpc) is 2.52. The second-order valence-electron chi connectivity index (χ2n) is 5.28. The molecule has 0 saturated carbocycles. The SMILES string of the molecule is CCN(CC)c1ccc(Nc2ccc(NC(C)=O)nn2)c(C)c1. The number of carbonyl (C=O) groups is 1. The number of nitrogens with one attached hydrogen (secondary N) is 2. The molecule has 0 unspecified atom stereocenters. The molecule has 0 aliphatic carbocycles. The van der Waals surface area contributed by atoms with Crippen LogP contribution in [0, 0.1) is 6.92 Å². The molecule has 2 N–H and O–H groups in total.